The first-order chi connectivity index (χ1) is 9.83. The Balaban J connectivity index is 1.85. The standard InChI is InChI=1S/C15H19NO4S/c1-21(19,20)13-6-4-12(5-7-13)16-9-11-3-2-8-15(11,10-16)14(17)18/h4-7,11H,2-3,8-10H2,1H3,(H,17,18)/t11-,15+/m0/s1. The van der Waals surface area contributed by atoms with Crippen LogP contribution in [0.25, 0.3) is 0 Å². The van der Waals surface area contributed by atoms with Gasteiger partial charge in [-0.25, -0.2) is 8.42 Å². The van der Waals surface area contributed by atoms with Crippen LogP contribution in [0.5, 0.6) is 0 Å². The maximum absolute atomic E-state index is 11.7. The number of rotatable bonds is 3. The number of carboxylic acid groups (broad SMARTS) is 1. The van der Waals surface area contributed by atoms with Crippen molar-refractivity contribution in [3.63, 3.8) is 0 Å². The molecule has 0 radical (unpaired) electrons. The molecule has 3 rings (SSSR count). The first-order valence-corrected chi connectivity index (χ1v) is 9.00. The fourth-order valence-electron chi connectivity index (χ4n) is 3.74. The molecule has 5 nitrogen and oxygen atoms in total. The number of hydrogen-bond acceptors (Lipinski definition) is 4. The van der Waals surface area contributed by atoms with Gasteiger partial charge in [-0.1, -0.05) is 6.42 Å². The number of hydrogen-bond donors (Lipinski definition) is 1. The number of carboxylic acids is 1. The molecule has 0 unspecified atom stereocenters. The third-order valence-electron chi connectivity index (χ3n) is 4.93. The maximum atomic E-state index is 11.7. The van der Waals surface area contributed by atoms with Gasteiger partial charge in [0.2, 0.25) is 0 Å². The van der Waals surface area contributed by atoms with Crippen LogP contribution >= 0.6 is 0 Å². The molecule has 2 atom stereocenters. The molecule has 1 saturated heterocycles. The quantitative estimate of drug-likeness (QED) is 0.921. The number of nitrogens with zero attached hydrogens (tertiary/aromatic N) is 1. The van der Waals surface area contributed by atoms with E-state index in [1.54, 1.807) is 24.3 Å². The van der Waals surface area contributed by atoms with Crippen molar-refractivity contribution >= 4 is 21.5 Å². The second-order valence-electron chi connectivity index (χ2n) is 6.20. The minimum absolute atomic E-state index is 0.199. The second kappa shape index (κ2) is 4.73. The monoisotopic (exact) mass is 309 g/mol. The number of anilines is 1. The number of sulfone groups is 1. The highest BCUT2D eigenvalue weighted by Crippen LogP contribution is 2.49. The van der Waals surface area contributed by atoms with Gasteiger partial charge in [-0.05, 0) is 43.0 Å². The van der Waals surface area contributed by atoms with E-state index < -0.39 is 21.2 Å². The van der Waals surface area contributed by atoms with Gasteiger partial charge in [0.15, 0.2) is 9.84 Å². The summed E-state index contributed by atoms with van der Waals surface area (Å²) in [5.74, 6) is -0.496. The van der Waals surface area contributed by atoms with Crippen LogP contribution in [0.2, 0.25) is 0 Å². The van der Waals surface area contributed by atoms with Gasteiger partial charge in [-0.15, -0.1) is 0 Å². The Hall–Kier alpha value is -1.56. The van der Waals surface area contributed by atoms with Crippen molar-refractivity contribution in [2.24, 2.45) is 11.3 Å². The highest BCUT2D eigenvalue weighted by atomic mass is 32.2. The molecule has 0 spiro atoms. The summed E-state index contributed by atoms with van der Waals surface area (Å²) in [6, 6.07) is 6.72. The van der Waals surface area contributed by atoms with E-state index in [9.17, 15) is 18.3 Å². The van der Waals surface area contributed by atoms with Gasteiger partial charge in [0.1, 0.15) is 0 Å². The summed E-state index contributed by atoms with van der Waals surface area (Å²) in [6.07, 6.45) is 3.87. The van der Waals surface area contributed by atoms with Crippen LogP contribution in [0, 0.1) is 11.3 Å². The molecule has 0 bridgehead atoms. The highest BCUT2D eigenvalue weighted by Gasteiger charge is 2.54. The third kappa shape index (κ3) is 2.31. The van der Waals surface area contributed by atoms with E-state index >= 15 is 0 Å². The SMILES string of the molecule is CS(=O)(=O)c1ccc(N2C[C@@H]3CCC[C@@]3(C(=O)O)C2)cc1. The first-order valence-electron chi connectivity index (χ1n) is 7.11. The van der Waals surface area contributed by atoms with Gasteiger partial charge in [-0.2, -0.15) is 0 Å². The Bertz CT molecular complexity index is 667. The van der Waals surface area contributed by atoms with E-state index in [1.807, 2.05) is 0 Å². The Labute approximate surface area is 124 Å². The van der Waals surface area contributed by atoms with E-state index in [4.69, 9.17) is 0 Å². The van der Waals surface area contributed by atoms with Crippen molar-refractivity contribution in [2.75, 3.05) is 24.2 Å². The van der Waals surface area contributed by atoms with Gasteiger partial charge in [0, 0.05) is 25.0 Å². The molecular weight excluding hydrogens is 290 g/mol. The molecule has 21 heavy (non-hydrogen) atoms. The van der Waals surface area contributed by atoms with Gasteiger partial charge in [0.05, 0.1) is 10.3 Å². The van der Waals surface area contributed by atoms with Gasteiger partial charge in [0.25, 0.3) is 0 Å². The Morgan fingerprint density at radius 1 is 1.33 bits per heavy atom. The smallest absolute Gasteiger partial charge is 0.311 e. The Kier molecular flexibility index (Phi) is 3.24. The van der Waals surface area contributed by atoms with Gasteiger partial charge in [-0.3, -0.25) is 4.79 Å². The molecule has 0 amide bonds. The van der Waals surface area contributed by atoms with Crippen LogP contribution < -0.4 is 4.90 Å². The van der Waals surface area contributed by atoms with E-state index in [0.29, 0.717) is 11.4 Å². The van der Waals surface area contributed by atoms with Crippen LogP contribution in [0.1, 0.15) is 19.3 Å². The van der Waals surface area contributed by atoms with E-state index in [0.717, 1.165) is 31.5 Å². The number of benzene rings is 1. The minimum atomic E-state index is -3.20. The summed E-state index contributed by atoms with van der Waals surface area (Å²) in [4.78, 5) is 14.0. The van der Waals surface area contributed by atoms with Crippen LogP contribution in [0.3, 0.4) is 0 Å². The zero-order valence-corrected chi connectivity index (χ0v) is 12.8. The second-order valence-corrected chi connectivity index (χ2v) is 8.21. The molecule has 1 aliphatic carbocycles. The van der Waals surface area contributed by atoms with Crippen molar-refractivity contribution < 1.29 is 18.3 Å². The van der Waals surface area contributed by atoms with E-state index in [1.165, 1.54) is 6.26 Å². The molecule has 1 saturated carbocycles. The maximum Gasteiger partial charge on any atom is 0.311 e. The molecule has 2 fully saturated rings. The molecule has 1 aliphatic heterocycles. The first kappa shape index (κ1) is 14.4. The molecule has 1 aromatic rings. The van der Waals surface area contributed by atoms with Crippen LogP contribution in [0.15, 0.2) is 29.2 Å². The third-order valence-corrected chi connectivity index (χ3v) is 6.06. The Morgan fingerprint density at radius 3 is 2.52 bits per heavy atom. The lowest BCUT2D eigenvalue weighted by Crippen LogP contribution is -2.35. The predicted molar refractivity (Wildman–Crippen MR) is 79.2 cm³/mol. The van der Waals surface area contributed by atoms with Crippen LogP contribution in [-0.2, 0) is 14.6 Å². The number of aliphatic carboxylic acids is 1. The summed E-state index contributed by atoms with van der Waals surface area (Å²) in [7, 11) is -3.20. The average molecular weight is 309 g/mol. The molecule has 0 aromatic heterocycles. The summed E-state index contributed by atoms with van der Waals surface area (Å²) >= 11 is 0. The van der Waals surface area contributed by atoms with Crippen molar-refractivity contribution in [3.8, 4) is 0 Å². The summed E-state index contributed by atoms with van der Waals surface area (Å²) in [5, 5.41) is 9.58. The summed E-state index contributed by atoms with van der Waals surface area (Å²) in [5.41, 5.74) is 0.285. The Morgan fingerprint density at radius 2 is 2.00 bits per heavy atom. The lowest BCUT2D eigenvalue weighted by Gasteiger charge is -2.24. The number of carbonyl (C=O) groups is 1. The van der Waals surface area contributed by atoms with Crippen LogP contribution in [0.4, 0.5) is 5.69 Å². The minimum Gasteiger partial charge on any atom is -0.481 e. The highest BCUT2D eigenvalue weighted by molar-refractivity contribution is 7.90. The molecule has 2 aliphatic rings. The average Bonchev–Trinajstić information content (AvgIpc) is 2.95. The topological polar surface area (TPSA) is 74.7 Å². The molecule has 6 heteroatoms. The van der Waals surface area contributed by atoms with Crippen molar-refractivity contribution in [1.29, 1.82) is 0 Å². The number of fused-ring (bicyclic) bond motifs is 1. The lowest BCUT2D eigenvalue weighted by atomic mass is 9.81. The van der Waals surface area contributed by atoms with Gasteiger partial charge >= 0.3 is 5.97 Å². The largest absolute Gasteiger partial charge is 0.481 e. The van der Waals surface area contributed by atoms with Crippen molar-refractivity contribution in [3.05, 3.63) is 24.3 Å². The van der Waals surface area contributed by atoms with Gasteiger partial charge < -0.3 is 10.0 Å². The molecular formula is C15H19NO4S. The lowest BCUT2D eigenvalue weighted by molar-refractivity contribution is -0.149. The van der Waals surface area contributed by atoms with Crippen molar-refractivity contribution in [2.45, 2.75) is 24.2 Å². The summed E-state index contributed by atoms with van der Waals surface area (Å²) < 4.78 is 22.9. The molecule has 1 aromatic carbocycles. The normalized spacial score (nSPS) is 28.6. The fourth-order valence-corrected chi connectivity index (χ4v) is 4.37. The van der Waals surface area contributed by atoms with E-state index in [-0.39, 0.29) is 5.92 Å². The van der Waals surface area contributed by atoms with Crippen LogP contribution in [-0.4, -0.2) is 38.8 Å². The zero-order valence-electron chi connectivity index (χ0n) is 11.9. The fraction of sp³-hybridized carbons (Fsp3) is 0.533. The zero-order chi connectivity index (χ0) is 15.3. The summed E-state index contributed by atoms with van der Waals surface area (Å²) in [6.45, 7) is 1.26. The van der Waals surface area contributed by atoms with Crippen molar-refractivity contribution in [1.82, 2.24) is 0 Å². The van der Waals surface area contributed by atoms with E-state index in [2.05, 4.69) is 4.90 Å². The molecule has 114 valence electrons. The predicted octanol–water partition coefficient (Wildman–Crippen LogP) is 1.78. The molecule has 1 N–H and O–H groups in total. The molecule has 1 heterocycles.